The smallest absolute Gasteiger partial charge is 0.271 e. The van der Waals surface area contributed by atoms with E-state index in [-0.39, 0.29) is 11.6 Å². The number of fused-ring (bicyclic) bond motifs is 3. The van der Waals surface area contributed by atoms with Crippen LogP contribution in [0, 0.1) is 6.92 Å². The Morgan fingerprint density at radius 1 is 1.13 bits per heavy atom. The molecule has 1 aliphatic heterocycles. The van der Waals surface area contributed by atoms with Gasteiger partial charge >= 0.3 is 0 Å². The maximum absolute atomic E-state index is 13.5. The SMILES string of the molecule is Cc1ccc(C=c2sc3n(c2=O)C(c2cccs2)C2=C(N=3)c3ccccc3CC2)o1. The summed E-state index contributed by atoms with van der Waals surface area (Å²) in [5.74, 6) is 1.53. The summed E-state index contributed by atoms with van der Waals surface area (Å²) in [5, 5.41) is 2.08. The summed E-state index contributed by atoms with van der Waals surface area (Å²) in [5.41, 5.74) is 4.80. The summed E-state index contributed by atoms with van der Waals surface area (Å²) in [6.45, 7) is 1.90. The van der Waals surface area contributed by atoms with Crippen molar-refractivity contribution in [2.45, 2.75) is 25.8 Å². The fourth-order valence-corrected chi connectivity index (χ4v) is 6.21. The molecule has 4 nitrogen and oxygen atoms in total. The minimum Gasteiger partial charge on any atom is -0.462 e. The monoisotopic (exact) mass is 430 g/mol. The topological polar surface area (TPSA) is 47.5 Å². The van der Waals surface area contributed by atoms with Crippen molar-refractivity contribution in [3.05, 3.63) is 107 Å². The zero-order valence-corrected chi connectivity index (χ0v) is 17.9. The van der Waals surface area contributed by atoms with Crippen molar-refractivity contribution >= 4 is 34.4 Å². The average molecular weight is 431 g/mol. The first kappa shape index (κ1) is 17.9. The molecule has 1 aliphatic carbocycles. The minimum absolute atomic E-state index is 0.00314. The standard InChI is InChI=1S/C24H18N2O2S2/c1-14-8-10-16(28-14)13-20-23(27)26-22(19-7-4-12-29-19)18-11-9-15-5-2-3-6-17(15)21(18)25-24(26)30-20/h2-8,10,12-13,22H,9,11H2,1H3. The van der Waals surface area contributed by atoms with Crippen LogP contribution in [0.25, 0.3) is 11.8 Å². The lowest BCUT2D eigenvalue weighted by Gasteiger charge is -2.30. The number of benzene rings is 1. The van der Waals surface area contributed by atoms with E-state index in [9.17, 15) is 4.79 Å². The van der Waals surface area contributed by atoms with Crippen LogP contribution in [0.3, 0.4) is 0 Å². The molecule has 0 spiro atoms. The number of aryl methyl sites for hydroxylation is 2. The van der Waals surface area contributed by atoms with E-state index >= 15 is 0 Å². The van der Waals surface area contributed by atoms with Gasteiger partial charge in [-0.05, 0) is 54.5 Å². The van der Waals surface area contributed by atoms with Crippen molar-refractivity contribution in [1.29, 1.82) is 0 Å². The highest BCUT2D eigenvalue weighted by atomic mass is 32.1. The maximum atomic E-state index is 13.5. The van der Waals surface area contributed by atoms with Crippen molar-refractivity contribution in [2.75, 3.05) is 0 Å². The fraction of sp³-hybridized carbons (Fsp3) is 0.167. The molecule has 148 valence electrons. The Balaban J connectivity index is 1.64. The van der Waals surface area contributed by atoms with Crippen LogP contribution in [0.1, 0.15) is 40.0 Å². The predicted molar refractivity (Wildman–Crippen MR) is 121 cm³/mol. The van der Waals surface area contributed by atoms with Crippen LogP contribution >= 0.6 is 22.7 Å². The molecule has 0 bridgehead atoms. The lowest BCUT2D eigenvalue weighted by Crippen LogP contribution is -2.38. The second-order valence-corrected chi connectivity index (χ2v) is 9.57. The van der Waals surface area contributed by atoms with Crippen LogP contribution in [0.4, 0.5) is 0 Å². The lowest BCUT2D eigenvalue weighted by molar-refractivity contribution is 0.524. The summed E-state index contributed by atoms with van der Waals surface area (Å²) in [6.07, 6.45) is 3.72. The molecule has 1 unspecified atom stereocenters. The number of allylic oxidation sites excluding steroid dienone is 1. The second-order valence-electron chi connectivity index (χ2n) is 7.58. The Morgan fingerprint density at radius 3 is 2.83 bits per heavy atom. The van der Waals surface area contributed by atoms with Gasteiger partial charge in [-0.1, -0.05) is 41.7 Å². The molecule has 6 heteroatoms. The van der Waals surface area contributed by atoms with Gasteiger partial charge in [-0.3, -0.25) is 9.36 Å². The summed E-state index contributed by atoms with van der Waals surface area (Å²) in [4.78, 5) is 20.4. The molecular weight excluding hydrogens is 412 g/mol. The molecule has 0 radical (unpaired) electrons. The van der Waals surface area contributed by atoms with Crippen molar-refractivity contribution in [1.82, 2.24) is 4.57 Å². The zero-order chi connectivity index (χ0) is 20.2. The van der Waals surface area contributed by atoms with Gasteiger partial charge in [-0.15, -0.1) is 11.3 Å². The van der Waals surface area contributed by atoms with Gasteiger partial charge in [0.2, 0.25) is 0 Å². The molecule has 4 aromatic rings. The number of nitrogens with zero attached hydrogens (tertiary/aromatic N) is 2. The van der Waals surface area contributed by atoms with Gasteiger partial charge in [0, 0.05) is 16.5 Å². The van der Waals surface area contributed by atoms with E-state index in [1.165, 1.54) is 32.9 Å². The highest BCUT2D eigenvalue weighted by molar-refractivity contribution is 7.10. The summed E-state index contributed by atoms with van der Waals surface area (Å²) in [7, 11) is 0. The average Bonchev–Trinajstić information content (AvgIpc) is 3.49. The predicted octanol–water partition coefficient (Wildman–Crippen LogP) is 4.28. The normalized spacial score (nSPS) is 18.0. The summed E-state index contributed by atoms with van der Waals surface area (Å²) in [6, 6.07) is 16.4. The van der Waals surface area contributed by atoms with E-state index in [0.717, 1.165) is 29.1 Å². The molecule has 0 saturated heterocycles. The first-order chi connectivity index (χ1) is 14.7. The Bertz CT molecular complexity index is 1480. The number of furan rings is 1. The van der Waals surface area contributed by atoms with Crippen LogP contribution < -0.4 is 14.9 Å². The van der Waals surface area contributed by atoms with E-state index in [1.54, 1.807) is 11.3 Å². The van der Waals surface area contributed by atoms with Crippen LogP contribution in [0.2, 0.25) is 0 Å². The molecule has 0 fully saturated rings. The lowest BCUT2D eigenvalue weighted by atomic mass is 9.85. The van der Waals surface area contributed by atoms with Gasteiger partial charge < -0.3 is 4.42 Å². The first-order valence-electron chi connectivity index (χ1n) is 9.92. The Hall–Kier alpha value is -2.96. The molecule has 2 aliphatic rings. The Labute approximate surface area is 180 Å². The van der Waals surface area contributed by atoms with Gasteiger partial charge in [0.05, 0.1) is 16.3 Å². The van der Waals surface area contributed by atoms with Gasteiger partial charge in [-0.25, -0.2) is 4.99 Å². The van der Waals surface area contributed by atoms with Crippen LogP contribution in [0.15, 0.2) is 73.7 Å². The summed E-state index contributed by atoms with van der Waals surface area (Å²) < 4.78 is 8.21. The zero-order valence-electron chi connectivity index (χ0n) is 16.3. The fourth-order valence-electron chi connectivity index (χ4n) is 4.38. The van der Waals surface area contributed by atoms with Gasteiger partial charge in [-0.2, -0.15) is 0 Å². The molecule has 6 rings (SSSR count). The maximum Gasteiger partial charge on any atom is 0.271 e. The number of rotatable bonds is 2. The molecule has 3 aromatic heterocycles. The third kappa shape index (κ3) is 2.71. The van der Waals surface area contributed by atoms with Crippen molar-refractivity contribution in [3.63, 3.8) is 0 Å². The van der Waals surface area contributed by atoms with E-state index in [4.69, 9.17) is 9.41 Å². The minimum atomic E-state index is -0.0925. The molecule has 1 aromatic carbocycles. The second kappa shape index (κ2) is 6.79. The number of aromatic nitrogens is 1. The van der Waals surface area contributed by atoms with E-state index in [2.05, 4.69) is 41.8 Å². The molecule has 30 heavy (non-hydrogen) atoms. The highest BCUT2D eigenvalue weighted by Crippen LogP contribution is 2.42. The third-order valence-corrected chi connectivity index (χ3v) is 7.63. The van der Waals surface area contributed by atoms with Gasteiger partial charge in [0.1, 0.15) is 11.5 Å². The van der Waals surface area contributed by atoms with E-state index in [0.29, 0.717) is 10.3 Å². The quantitative estimate of drug-likeness (QED) is 0.477. The molecule has 0 amide bonds. The molecule has 0 saturated carbocycles. The number of hydrogen-bond acceptors (Lipinski definition) is 5. The van der Waals surface area contributed by atoms with Crippen molar-refractivity contribution in [2.24, 2.45) is 4.99 Å². The van der Waals surface area contributed by atoms with Crippen LogP contribution in [0.5, 0.6) is 0 Å². The van der Waals surface area contributed by atoms with Gasteiger partial charge in [0.15, 0.2) is 4.80 Å². The number of thiazole rings is 1. The molecular formula is C24H18N2O2S2. The van der Waals surface area contributed by atoms with E-state index < -0.39 is 0 Å². The highest BCUT2D eigenvalue weighted by Gasteiger charge is 2.32. The Kier molecular flexibility index (Phi) is 4.04. The summed E-state index contributed by atoms with van der Waals surface area (Å²) >= 11 is 3.13. The largest absolute Gasteiger partial charge is 0.462 e. The Morgan fingerprint density at radius 2 is 2.03 bits per heavy atom. The third-order valence-electron chi connectivity index (χ3n) is 5.72. The molecule has 0 N–H and O–H groups in total. The molecule has 4 heterocycles. The van der Waals surface area contributed by atoms with Gasteiger partial charge in [0.25, 0.3) is 5.56 Å². The van der Waals surface area contributed by atoms with Crippen LogP contribution in [-0.4, -0.2) is 4.57 Å². The number of hydrogen-bond donors (Lipinski definition) is 0. The van der Waals surface area contributed by atoms with Crippen molar-refractivity contribution in [3.8, 4) is 0 Å². The number of thiophene rings is 1. The van der Waals surface area contributed by atoms with Crippen LogP contribution in [-0.2, 0) is 6.42 Å². The first-order valence-corrected chi connectivity index (χ1v) is 11.6. The van der Waals surface area contributed by atoms with E-state index in [1.807, 2.05) is 29.7 Å². The molecule has 1 atom stereocenters. The van der Waals surface area contributed by atoms with Crippen molar-refractivity contribution < 1.29 is 4.42 Å².